The van der Waals surface area contributed by atoms with Crippen molar-refractivity contribution in [2.24, 2.45) is 0 Å². The van der Waals surface area contributed by atoms with Gasteiger partial charge in [-0.05, 0) is 51.7 Å². The molecule has 1 aliphatic rings. The fourth-order valence-corrected chi connectivity index (χ4v) is 4.60. The highest BCUT2D eigenvalue weighted by molar-refractivity contribution is 6.31. The molecule has 4 unspecified atom stereocenters. The highest BCUT2D eigenvalue weighted by atomic mass is 35.5. The van der Waals surface area contributed by atoms with Gasteiger partial charge in [-0.3, -0.25) is 14.5 Å². The topological polar surface area (TPSA) is 73.9 Å². The second-order valence-electron chi connectivity index (χ2n) is 9.64. The number of alkyl halides is 2. The Labute approximate surface area is 226 Å². The van der Waals surface area contributed by atoms with Crippen LogP contribution in [-0.4, -0.2) is 75.1 Å². The van der Waals surface area contributed by atoms with Crippen LogP contribution in [0.15, 0.2) is 48.5 Å². The number of carbonyl (C=O) groups excluding carboxylic acids is 2. The van der Waals surface area contributed by atoms with Crippen molar-refractivity contribution in [2.45, 2.75) is 50.4 Å². The van der Waals surface area contributed by atoms with Gasteiger partial charge >= 0.3 is 0 Å². The van der Waals surface area contributed by atoms with Crippen LogP contribution in [0, 0.1) is 5.82 Å². The Bertz CT molecular complexity index is 1090. The molecule has 0 saturated carbocycles. The lowest BCUT2D eigenvalue weighted by molar-refractivity contribution is -0.128. The van der Waals surface area contributed by atoms with Crippen molar-refractivity contribution in [1.82, 2.24) is 15.5 Å². The number of hydrogen-bond donors (Lipinski definition) is 2. The zero-order valence-corrected chi connectivity index (χ0v) is 22.4. The van der Waals surface area contributed by atoms with Gasteiger partial charge < -0.3 is 20.3 Å². The van der Waals surface area contributed by atoms with E-state index in [9.17, 15) is 22.8 Å². The van der Waals surface area contributed by atoms with Gasteiger partial charge in [-0.1, -0.05) is 35.9 Å². The fourth-order valence-electron chi connectivity index (χ4n) is 4.36. The lowest BCUT2D eigenvalue weighted by Crippen LogP contribution is -2.51. The summed E-state index contributed by atoms with van der Waals surface area (Å²) < 4.78 is 46.2. The van der Waals surface area contributed by atoms with Gasteiger partial charge in [0.2, 0.25) is 18.2 Å². The lowest BCUT2D eigenvalue weighted by atomic mass is 10.0. The third-order valence-corrected chi connectivity index (χ3v) is 6.58. The number of rotatable bonds is 12. The first-order valence-corrected chi connectivity index (χ1v) is 12.9. The lowest BCUT2D eigenvalue weighted by Gasteiger charge is -2.34. The first kappa shape index (κ1) is 29.9. The molecule has 0 spiro atoms. The number of nitrogens with zero attached hydrogens (tertiary/aromatic N) is 2. The van der Waals surface area contributed by atoms with Gasteiger partial charge in [0.25, 0.3) is 0 Å². The molecule has 3 rings (SSSR count). The van der Waals surface area contributed by atoms with Crippen LogP contribution in [0.1, 0.15) is 31.4 Å². The molecule has 0 aliphatic carbocycles. The third-order valence-electron chi connectivity index (χ3n) is 6.23. The summed E-state index contributed by atoms with van der Waals surface area (Å²) in [5, 5.41) is 5.93. The smallest absolute Gasteiger partial charge is 0.248 e. The van der Waals surface area contributed by atoms with Crippen LogP contribution in [0.25, 0.3) is 0 Å². The Balaban J connectivity index is 1.97. The Hall–Kier alpha value is -2.66. The molecule has 1 heterocycles. The van der Waals surface area contributed by atoms with E-state index in [1.807, 2.05) is 19.0 Å². The van der Waals surface area contributed by atoms with E-state index in [0.717, 1.165) is 12.6 Å². The zero-order chi connectivity index (χ0) is 27.8. The first-order chi connectivity index (χ1) is 18.1. The van der Waals surface area contributed by atoms with Gasteiger partial charge in [0.15, 0.2) is 0 Å². The van der Waals surface area contributed by atoms with E-state index in [1.165, 1.54) is 30.0 Å². The Morgan fingerprint density at radius 2 is 1.92 bits per heavy atom. The van der Waals surface area contributed by atoms with Crippen LogP contribution >= 0.6 is 11.6 Å². The molecule has 2 amide bonds. The number of halogens is 4. The summed E-state index contributed by atoms with van der Waals surface area (Å²) in [5.74, 6) is -1.80. The molecular formula is C27H34ClF3N4O3. The molecule has 1 fully saturated rings. The highest BCUT2D eigenvalue weighted by Crippen LogP contribution is 2.34. The average molecular weight is 555 g/mol. The van der Waals surface area contributed by atoms with Crippen LogP contribution in [-0.2, 0) is 14.3 Å². The van der Waals surface area contributed by atoms with E-state index >= 15 is 0 Å². The number of carbonyl (C=O) groups is 2. The summed E-state index contributed by atoms with van der Waals surface area (Å²) in [6.45, 7) is 3.09. The number of amides is 2. The van der Waals surface area contributed by atoms with Crippen LogP contribution in [0.5, 0.6) is 0 Å². The molecule has 2 aromatic carbocycles. The van der Waals surface area contributed by atoms with Crippen molar-refractivity contribution in [3.63, 3.8) is 0 Å². The molecule has 1 aliphatic heterocycles. The molecule has 208 valence electrons. The summed E-state index contributed by atoms with van der Waals surface area (Å²) >= 11 is 6.47. The van der Waals surface area contributed by atoms with Crippen LogP contribution in [0.2, 0.25) is 5.02 Å². The van der Waals surface area contributed by atoms with Crippen LogP contribution < -0.4 is 15.5 Å². The van der Waals surface area contributed by atoms with Gasteiger partial charge in [0.1, 0.15) is 11.9 Å². The minimum absolute atomic E-state index is 0.135. The third kappa shape index (κ3) is 8.17. The maximum atomic E-state index is 14.3. The Kier molecular flexibility index (Phi) is 11.0. The Morgan fingerprint density at radius 1 is 1.18 bits per heavy atom. The van der Waals surface area contributed by atoms with E-state index in [4.69, 9.17) is 16.3 Å². The summed E-state index contributed by atoms with van der Waals surface area (Å²) in [4.78, 5) is 30.8. The number of anilines is 1. The second kappa shape index (κ2) is 13.9. The quantitative estimate of drug-likeness (QED) is 0.415. The average Bonchev–Trinajstić information content (AvgIpc) is 3.31. The zero-order valence-electron chi connectivity index (χ0n) is 21.7. The largest absolute Gasteiger partial charge is 0.375 e. The standard InChI is InChI=1S/C27H34ClF3N4O3/c1-17(13-24(30)31)33-26(36)25(21-9-4-5-10-22(21)28)35(19-8-6-7-18(29)14-19)27(37)23-15-20(16-32-23)38-12-11-34(2)3/h4-10,14,17,20,23-25,32H,11-13,15-16H2,1-3H3,(H,33,36). The molecule has 4 atom stereocenters. The molecule has 1 saturated heterocycles. The molecule has 7 nitrogen and oxygen atoms in total. The van der Waals surface area contributed by atoms with Crippen molar-refractivity contribution in [1.29, 1.82) is 0 Å². The SMILES string of the molecule is CC(CC(F)F)NC(=O)C(c1ccccc1Cl)N(C(=O)C1CC(OCCN(C)C)CN1)c1cccc(F)c1. The second-order valence-corrected chi connectivity index (χ2v) is 10.0. The van der Waals surface area contributed by atoms with Crippen molar-refractivity contribution in [2.75, 3.05) is 38.7 Å². The summed E-state index contributed by atoms with van der Waals surface area (Å²) in [6, 6.07) is 8.85. The van der Waals surface area contributed by atoms with E-state index in [-0.39, 0.29) is 22.4 Å². The number of hydrogen-bond acceptors (Lipinski definition) is 5. The minimum Gasteiger partial charge on any atom is -0.375 e. The molecule has 0 aromatic heterocycles. The van der Waals surface area contributed by atoms with Gasteiger partial charge in [0, 0.05) is 41.8 Å². The normalized spacial score (nSPS) is 19.0. The van der Waals surface area contributed by atoms with Gasteiger partial charge in [-0.2, -0.15) is 0 Å². The first-order valence-electron chi connectivity index (χ1n) is 12.5. The summed E-state index contributed by atoms with van der Waals surface area (Å²) in [7, 11) is 3.86. The van der Waals surface area contributed by atoms with E-state index in [2.05, 4.69) is 10.6 Å². The highest BCUT2D eigenvalue weighted by Gasteiger charge is 2.40. The predicted molar refractivity (Wildman–Crippen MR) is 141 cm³/mol. The summed E-state index contributed by atoms with van der Waals surface area (Å²) in [6.07, 6.45) is -3.07. The molecule has 11 heteroatoms. The summed E-state index contributed by atoms with van der Waals surface area (Å²) in [5.41, 5.74) is 0.417. The molecule has 38 heavy (non-hydrogen) atoms. The van der Waals surface area contributed by atoms with Gasteiger partial charge in [0.05, 0.1) is 18.8 Å². The minimum atomic E-state index is -2.63. The van der Waals surface area contributed by atoms with E-state index < -0.39 is 48.6 Å². The Morgan fingerprint density at radius 3 is 2.58 bits per heavy atom. The predicted octanol–water partition coefficient (Wildman–Crippen LogP) is 4.02. The van der Waals surface area contributed by atoms with Crippen molar-refractivity contribution < 1.29 is 27.5 Å². The molecule has 0 radical (unpaired) electrons. The number of benzene rings is 2. The molecule has 2 aromatic rings. The fraction of sp³-hybridized carbons (Fsp3) is 0.481. The molecule has 2 N–H and O–H groups in total. The van der Waals surface area contributed by atoms with E-state index in [0.29, 0.717) is 19.6 Å². The van der Waals surface area contributed by atoms with Crippen LogP contribution in [0.3, 0.4) is 0 Å². The van der Waals surface area contributed by atoms with Crippen molar-refractivity contribution in [3.8, 4) is 0 Å². The van der Waals surface area contributed by atoms with Crippen molar-refractivity contribution in [3.05, 3.63) is 64.9 Å². The number of ether oxygens (including phenoxy) is 1. The van der Waals surface area contributed by atoms with E-state index in [1.54, 1.807) is 24.3 Å². The van der Waals surface area contributed by atoms with Crippen LogP contribution in [0.4, 0.5) is 18.9 Å². The maximum Gasteiger partial charge on any atom is 0.248 e. The molecule has 0 bridgehead atoms. The van der Waals surface area contributed by atoms with Gasteiger partial charge in [-0.25, -0.2) is 13.2 Å². The molecular weight excluding hydrogens is 521 g/mol. The number of nitrogens with one attached hydrogen (secondary N) is 2. The maximum absolute atomic E-state index is 14.3. The van der Waals surface area contributed by atoms with Crippen molar-refractivity contribution >= 4 is 29.1 Å². The van der Waals surface area contributed by atoms with Gasteiger partial charge in [-0.15, -0.1) is 0 Å². The monoisotopic (exact) mass is 554 g/mol. The number of likely N-dealkylation sites (N-methyl/N-ethyl adjacent to an activating group) is 1.